The number of nitrogens with one attached hydrogen (secondary N) is 1. The molecule has 1 N–H and O–H groups in total. The summed E-state index contributed by atoms with van der Waals surface area (Å²) in [5.41, 5.74) is 1.40. The molecule has 0 spiro atoms. The van der Waals surface area contributed by atoms with Crippen LogP contribution in [0.5, 0.6) is 5.75 Å². The Bertz CT molecular complexity index is 963. The van der Waals surface area contributed by atoms with Crippen molar-refractivity contribution >= 4 is 11.7 Å². The molecule has 0 atom stereocenters. The van der Waals surface area contributed by atoms with Gasteiger partial charge in [0.25, 0.3) is 5.91 Å². The van der Waals surface area contributed by atoms with Gasteiger partial charge in [0.1, 0.15) is 5.76 Å². The maximum Gasteiger partial charge on any atom is 0.287 e. The van der Waals surface area contributed by atoms with E-state index >= 15 is 0 Å². The molecule has 0 unspecified atom stereocenters. The van der Waals surface area contributed by atoms with Crippen LogP contribution in [0.4, 0.5) is 4.39 Å². The smallest absolute Gasteiger partial charge is 0.287 e. The summed E-state index contributed by atoms with van der Waals surface area (Å²) in [4.78, 5) is 23.5. The third kappa shape index (κ3) is 4.85. The number of ether oxygens (including phenoxy) is 1. The number of carbonyl (C=O) groups excluding carboxylic acids is 2. The SMILES string of the molecule is CC(=O)c1ccc(-c2ccc(C(=O)NCCCOc3ccccc3F)o2)cc1. The minimum Gasteiger partial charge on any atom is -0.490 e. The van der Waals surface area contributed by atoms with Crippen LogP contribution in [0.15, 0.2) is 65.1 Å². The Morgan fingerprint density at radius 3 is 2.50 bits per heavy atom. The lowest BCUT2D eigenvalue weighted by Crippen LogP contribution is -2.25. The molecule has 0 aliphatic rings. The number of ketones is 1. The molecule has 0 saturated carbocycles. The zero-order valence-electron chi connectivity index (χ0n) is 15.4. The molecule has 3 aromatic rings. The van der Waals surface area contributed by atoms with Gasteiger partial charge < -0.3 is 14.5 Å². The van der Waals surface area contributed by atoms with Crippen molar-refractivity contribution in [3.63, 3.8) is 0 Å². The van der Waals surface area contributed by atoms with Crippen LogP contribution < -0.4 is 10.1 Å². The predicted octanol–water partition coefficient (Wildman–Crippen LogP) is 4.49. The van der Waals surface area contributed by atoms with Crippen LogP contribution in [0, 0.1) is 5.82 Å². The molecular weight excluding hydrogens is 361 g/mol. The molecule has 144 valence electrons. The average Bonchev–Trinajstić information content (AvgIpc) is 3.19. The standard InChI is InChI=1S/C22H20FNO4/c1-15(25)16-7-9-17(10-8-16)19-11-12-21(28-19)22(26)24-13-4-14-27-20-6-3-2-5-18(20)23/h2-3,5-12H,4,13-14H2,1H3,(H,24,26). The molecule has 5 nitrogen and oxygen atoms in total. The Hall–Kier alpha value is -3.41. The highest BCUT2D eigenvalue weighted by atomic mass is 19.1. The van der Waals surface area contributed by atoms with Crippen LogP contribution in [0.3, 0.4) is 0 Å². The number of amides is 1. The van der Waals surface area contributed by atoms with E-state index in [1.165, 1.54) is 13.0 Å². The number of carbonyl (C=O) groups is 2. The van der Waals surface area contributed by atoms with Crippen molar-refractivity contribution in [1.29, 1.82) is 0 Å². The van der Waals surface area contributed by atoms with Crippen molar-refractivity contribution in [2.45, 2.75) is 13.3 Å². The number of rotatable bonds is 8. The first-order valence-electron chi connectivity index (χ1n) is 8.91. The maximum absolute atomic E-state index is 13.4. The molecule has 2 aromatic carbocycles. The van der Waals surface area contributed by atoms with E-state index in [4.69, 9.17) is 9.15 Å². The number of halogens is 1. The largest absolute Gasteiger partial charge is 0.490 e. The lowest BCUT2D eigenvalue weighted by Gasteiger charge is -2.07. The van der Waals surface area contributed by atoms with Crippen molar-refractivity contribution in [3.05, 3.63) is 77.8 Å². The van der Waals surface area contributed by atoms with Gasteiger partial charge >= 0.3 is 0 Å². The fourth-order valence-electron chi connectivity index (χ4n) is 2.59. The molecule has 1 aromatic heterocycles. The zero-order valence-corrected chi connectivity index (χ0v) is 15.4. The Labute approximate surface area is 162 Å². The van der Waals surface area contributed by atoms with E-state index < -0.39 is 5.82 Å². The molecule has 0 aliphatic carbocycles. The number of para-hydroxylation sites is 1. The lowest BCUT2D eigenvalue weighted by molar-refractivity contribution is 0.0924. The Kier molecular flexibility index (Phi) is 6.22. The monoisotopic (exact) mass is 381 g/mol. The van der Waals surface area contributed by atoms with Gasteiger partial charge in [0.2, 0.25) is 0 Å². The third-order valence-corrected chi connectivity index (χ3v) is 4.11. The van der Waals surface area contributed by atoms with Crippen molar-refractivity contribution < 1.29 is 23.1 Å². The van der Waals surface area contributed by atoms with Crippen LogP contribution in [-0.4, -0.2) is 24.8 Å². The third-order valence-electron chi connectivity index (χ3n) is 4.11. The zero-order chi connectivity index (χ0) is 19.9. The fourth-order valence-corrected chi connectivity index (χ4v) is 2.59. The van der Waals surface area contributed by atoms with Crippen molar-refractivity contribution in [1.82, 2.24) is 5.32 Å². The summed E-state index contributed by atoms with van der Waals surface area (Å²) in [6, 6.07) is 16.5. The Morgan fingerprint density at radius 2 is 1.79 bits per heavy atom. The number of hydrogen-bond donors (Lipinski definition) is 1. The molecule has 0 aliphatic heterocycles. The second kappa shape index (κ2) is 8.99. The molecule has 0 saturated heterocycles. The fraction of sp³-hybridized carbons (Fsp3) is 0.182. The van der Waals surface area contributed by atoms with Gasteiger partial charge in [0.05, 0.1) is 6.61 Å². The molecule has 1 amide bonds. The van der Waals surface area contributed by atoms with Gasteiger partial charge in [-0.05, 0) is 37.6 Å². The van der Waals surface area contributed by atoms with Gasteiger partial charge in [-0.1, -0.05) is 36.4 Å². The van der Waals surface area contributed by atoms with Crippen LogP contribution in [0.2, 0.25) is 0 Å². The second-order valence-corrected chi connectivity index (χ2v) is 6.19. The normalized spacial score (nSPS) is 10.5. The quantitative estimate of drug-likeness (QED) is 0.461. The Balaban J connectivity index is 1.47. The summed E-state index contributed by atoms with van der Waals surface area (Å²) < 4.78 is 24.4. The van der Waals surface area contributed by atoms with E-state index in [0.29, 0.717) is 24.3 Å². The van der Waals surface area contributed by atoms with Gasteiger partial charge in [-0.3, -0.25) is 9.59 Å². The topological polar surface area (TPSA) is 68.5 Å². The number of Topliss-reactive ketones (excluding diaryl/α,β-unsaturated/α-hetero) is 1. The molecule has 1 heterocycles. The summed E-state index contributed by atoms with van der Waals surface area (Å²) in [5, 5.41) is 2.74. The van der Waals surface area contributed by atoms with E-state index in [2.05, 4.69) is 5.32 Å². The van der Waals surface area contributed by atoms with Gasteiger partial charge in [0, 0.05) is 17.7 Å². The molecule has 0 radical (unpaired) electrons. The second-order valence-electron chi connectivity index (χ2n) is 6.19. The van der Waals surface area contributed by atoms with Gasteiger partial charge in [0.15, 0.2) is 23.1 Å². The molecular formula is C22H20FNO4. The van der Waals surface area contributed by atoms with Gasteiger partial charge in [-0.2, -0.15) is 0 Å². The summed E-state index contributed by atoms with van der Waals surface area (Å²) in [6.07, 6.45) is 0.528. The van der Waals surface area contributed by atoms with Crippen molar-refractivity contribution in [2.75, 3.05) is 13.2 Å². The van der Waals surface area contributed by atoms with Crippen LogP contribution in [0.1, 0.15) is 34.3 Å². The number of hydrogen-bond acceptors (Lipinski definition) is 4. The molecule has 3 rings (SSSR count). The van der Waals surface area contributed by atoms with Crippen LogP contribution >= 0.6 is 0 Å². The lowest BCUT2D eigenvalue weighted by atomic mass is 10.1. The maximum atomic E-state index is 13.4. The van der Waals surface area contributed by atoms with Crippen LogP contribution in [0.25, 0.3) is 11.3 Å². The van der Waals surface area contributed by atoms with Crippen molar-refractivity contribution in [3.8, 4) is 17.1 Å². The number of benzene rings is 2. The van der Waals surface area contributed by atoms with Gasteiger partial charge in [-0.25, -0.2) is 4.39 Å². The Morgan fingerprint density at radius 1 is 1.04 bits per heavy atom. The van der Waals surface area contributed by atoms with Gasteiger partial charge in [-0.15, -0.1) is 0 Å². The first kappa shape index (κ1) is 19.4. The predicted molar refractivity (Wildman–Crippen MR) is 103 cm³/mol. The summed E-state index contributed by atoms with van der Waals surface area (Å²) in [7, 11) is 0. The average molecular weight is 381 g/mol. The first-order valence-corrected chi connectivity index (χ1v) is 8.91. The number of furan rings is 1. The van der Waals surface area contributed by atoms with E-state index in [1.54, 1.807) is 54.6 Å². The molecule has 6 heteroatoms. The van der Waals surface area contributed by atoms with E-state index in [9.17, 15) is 14.0 Å². The summed E-state index contributed by atoms with van der Waals surface area (Å²) >= 11 is 0. The molecule has 28 heavy (non-hydrogen) atoms. The van der Waals surface area contributed by atoms with E-state index in [0.717, 1.165) is 5.56 Å². The minimum absolute atomic E-state index is 0.00922. The highest BCUT2D eigenvalue weighted by Crippen LogP contribution is 2.23. The molecule has 0 fully saturated rings. The summed E-state index contributed by atoms with van der Waals surface area (Å²) in [6.45, 7) is 2.16. The van der Waals surface area contributed by atoms with E-state index in [-0.39, 0.29) is 29.8 Å². The molecule has 0 bridgehead atoms. The minimum atomic E-state index is -0.411. The van der Waals surface area contributed by atoms with E-state index in [1.807, 2.05) is 0 Å². The first-order chi connectivity index (χ1) is 13.5. The van der Waals surface area contributed by atoms with Crippen molar-refractivity contribution in [2.24, 2.45) is 0 Å². The highest BCUT2D eigenvalue weighted by Gasteiger charge is 2.12. The summed E-state index contributed by atoms with van der Waals surface area (Å²) in [5.74, 6) is 0.178. The highest BCUT2D eigenvalue weighted by molar-refractivity contribution is 5.94. The van der Waals surface area contributed by atoms with Crippen LogP contribution in [-0.2, 0) is 0 Å².